The number of aliphatic carboxylic acids is 1. The van der Waals surface area contributed by atoms with Gasteiger partial charge in [0.1, 0.15) is 12.1 Å². The maximum atomic E-state index is 11.6. The molecule has 1 aromatic rings. The van der Waals surface area contributed by atoms with Crippen molar-refractivity contribution >= 4 is 46.0 Å². The molecule has 122 valence electrons. The summed E-state index contributed by atoms with van der Waals surface area (Å²) < 4.78 is 5.06. The Balaban J connectivity index is 2.61. The Kier molecular flexibility index (Phi) is 6.12. The topological polar surface area (TPSA) is 118 Å². The molecule has 2 amide bonds. The molecular formula is C12H16ClN3O5S. The second-order valence-electron chi connectivity index (χ2n) is 5.18. The van der Waals surface area contributed by atoms with Gasteiger partial charge in [0.15, 0.2) is 10.5 Å². The second kappa shape index (κ2) is 7.41. The minimum absolute atomic E-state index is 0.209. The third-order valence-corrected chi connectivity index (χ3v) is 3.23. The quantitative estimate of drug-likeness (QED) is 0.699. The van der Waals surface area contributed by atoms with Gasteiger partial charge in [-0.1, -0.05) is 0 Å². The zero-order valence-electron chi connectivity index (χ0n) is 12.2. The maximum Gasteiger partial charge on any atom is 0.413 e. The van der Waals surface area contributed by atoms with Crippen LogP contribution < -0.4 is 10.6 Å². The number of anilines is 1. The number of thiazole rings is 1. The van der Waals surface area contributed by atoms with Crippen LogP contribution in [0.15, 0.2) is 5.38 Å². The van der Waals surface area contributed by atoms with Gasteiger partial charge in [0.05, 0.1) is 5.69 Å². The molecule has 0 spiro atoms. The molecule has 0 aliphatic heterocycles. The lowest BCUT2D eigenvalue weighted by Crippen LogP contribution is -2.32. The fourth-order valence-corrected chi connectivity index (χ4v) is 2.22. The number of carboxylic acids is 1. The van der Waals surface area contributed by atoms with E-state index in [1.807, 2.05) is 0 Å². The predicted molar refractivity (Wildman–Crippen MR) is 81.2 cm³/mol. The summed E-state index contributed by atoms with van der Waals surface area (Å²) in [6.07, 6.45) is -0.671. The highest BCUT2D eigenvalue weighted by Crippen LogP contribution is 2.25. The Morgan fingerprint density at radius 3 is 2.64 bits per heavy atom. The molecule has 1 rings (SSSR count). The monoisotopic (exact) mass is 349 g/mol. The van der Waals surface area contributed by atoms with Crippen molar-refractivity contribution in [3.8, 4) is 0 Å². The zero-order valence-corrected chi connectivity index (χ0v) is 13.7. The Morgan fingerprint density at radius 1 is 1.45 bits per heavy atom. The van der Waals surface area contributed by atoms with Crippen LogP contribution in [-0.2, 0) is 14.3 Å². The third-order valence-electron chi connectivity index (χ3n) is 2.03. The van der Waals surface area contributed by atoms with Gasteiger partial charge in [-0.15, -0.1) is 22.9 Å². The van der Waals surface area contributed by atoms with E-state index in [1.54, 1.807) is 20.8 Å². The molecule has 1 atom stereocenters. The van der Waals surface area contributed by atoms with Gasteiger partial charge in [0.2, 0.25) is 5.91 Å². The molecule has 0 aromatic carbocycles. The highest BCUT2D eigenvalue weighted by atomic mass is 35.5. The predicted octanol–water partition coefficient (Wildman–Crippen LogP) is 1.97. The first kappa shape index (κ1) is 18.2. The number of carbonyl (C=O) groups is 3. The van der Waals surface area contributed by atoms with Gasteiger partial charge in [0, 0.05) is 5.38 Å². The van der Waals surface area contributed by atoms with Crippen molar-refractivity contribution in [3.05, 3.63) is 11.1 Å². The van der Waals surface area contributed by atoms with Gasteiger partial charge < -0.3 is 15.2 Å². The van der Waals surface area contributed by atoms with E-state index in [0.717, 1.165) is 11.3 Å². The second-order valence-corrected chi connectivity index (χ2v) is 6.47. The Morgan fingerprint density at radius 2 is 2.09 bits per heavy atom. The van der Waals surface area contributed by atoms with E-state index < -0.39 is 35.5 Å². The van der Waals surface area contributed by atoms with Crippen LogP contribution in [0.2, 0.25) is 0 Å². The van der Waals surface area contributed by atoms with Crippen LogP contribution in [-0.4, -0.2) is 40.2 Å². The van der Waals surface area contributed by atoms with Gasteiger partial charge in [-0.05, 0) is 20.8 Å². The molecule has 8 nitrogen and oxygen atoms in total. The first-order valence-electron chi connectivity index (χ1n) is 6.17. The summed E-state index contributed by atoms with van der Waals surface area (Å²) in [7, 11) is 0. The molecule has 1 aromatic heterocycles. The van der Waals surface area contributed by atoms with Crippen molar-refractivity contribution < 1.29 is 24.2 Å². The molecule has 1 unspecified atom stereocenters. The third kappa shape index (κ3) is 6.27. The lowest BCUT2D eigenvalue weighted by molar-refractivity contribution is -0.137. The number of halogens is 1. The van der Waals surface area contributed by atoms with Crippen molar-refractivity contribution in [3.63, 3.8) is 0 Å². The van der Waals surface area contributed by atoms with Gasteiger partial charge in [-0.25, -0.2) is 9.78 Å². The summed E-state index contributed by atoms with van der Waals surface area (Å²) in [4.78, 5) is 37.6. The number of nitrogens with zero attached hydrogens (tertiary/aromatic N) is 1. The largest absolute Gasteiger partial charge is 0.480 e. The molecule has 0 saturated heterocycles. The van der Waals surface area contributed by atoms with Crippen molar-refractivity contribution in [2.75, 3.05) is 11.9 Å². The molecular weight excluding hydrogens is 334 g/mol. The minimum atomic E-state index is -1.18. The molecule has 0 radical (unpaired) electrons. The van der Waals surface area contributed by atoms with Crippen LogP contribution in [0, 0.1) is 0 Å². The molecule has 0 saturated carbocycles. The van der Waals surface area contributed by atoms with E-state index in [1.165, 1.54) is 5.38 Å². The maximum absolute atomic E-state index is 11.6. The molecule has 1 heterocycles. The minimum Gasteiger partial charge on any atom is -0.480 e. The number of hydrogen-bond acceptors (Lipinski definition) is 6. The number of nitrogens with one attached hydrogen (secondary N) is 2. The first-order chi connectivity index (χ1) is 10.1. The number of ether oxygens (including phenoxy) is 1. The van der Waals surface area contributed by atoms with E-state index in [0.29, 0.717) is 0 Å². The lowest BCUT2D eigenvalue weighted by Gasteiger charge is -2.18. The smallest absolute Gasteiger partial charge is 0.413 e. The number of amides is 2. The Hall–Kier alpha value is -1.87. The molecule has 3 N–H and O–H groups in total. The molecule has 0 aliphatic carbocycles. The lowest BCUT2D eigenvalue weighted by atomic mass is 10.2. The highest BCUT2D eigenvalue weighted by molar-refractivity contribution is 7.14. The molecule has 22 heavy (non-hydrogen) atoms. The van der Waals surface area contributed by atoms with Crippen LogP contribution in [0.5, 0.6) is 0 Å². The van der Waals surface area contributed by atoms with Crippen molar-refractivity contribution in [1.29, 1.82) is 0 Å². The molecule has 0 aliphatic rings. The summed E-state index contributed by atoms with van der Waals surface area (Å²) in [5, 5.41) is 13.6. The van der Waals surface area contributed by atoms with Gasteiger partial charge >= 0.3 is 12.1 Å². The van der Waals surface area contributed by atoms with Crippen LogP contribution in [0.1, 0.15) is 31.8 Å². The van der Waals surface area contributed by atoms with Crippen LogP contribution in [0.4, 0.5) is 9.93 Å². The number of alkyl halides is 1. The first-order valence-corrected chi connectivity index (χ1v) is 7.49. The summed E-state index contributed by atoms with van der Waals surface area (Å²) in [5.41, 5.74) is -0.434. The van der Waals surface area contributed by atoms with E-state index in [4.69, 9.17) is 21.4 Å². The van der Waals surface area contributed by atoms with Gasteiger partial charge in [0.25, 0.3) is 0 Å². The van der Waals surface area contributed by atoms with E-state index >= 15 is 0 Å². The fourth-order valence-electron chi connectivity index (χ4n) is 1.24. The van der Waals surface area contributed by atoms with E-state index in [2.05, 4.69) is 15.6 Å². The summed E-state index contributed by atoms with van der Waals surface area (Å²) in [6.45, 7) is 4.64. The number of carbonyl (C=O) groups excluding carboxylic acids is 2. The zero-order chi connectivity index (χ0) is 16.9. The average Bonchev–Trinajstić information content (AvgIpc) is 2.80. The SMILES string of the molecule is CC(C)(C)OC(=O)Nc1nc(C(Cl)C(=O)NCC(=O)O)cs1. The van der Waals surface area contributed by atoms with E-state index in [9.17, 15) is 14.4 Å². The van der Waals surface area contributed by atoms with E-state index in [-0.39, 0.29) is 10.8 Å². The van der Waals surface area contributed by atoms with Crippen LogP contribution in [0.25, 0.3) is 0 Å². The van der Waals surface area contributed by atoms with Crippen molar-refractivity contribution in [1.82, 2.24) is 10.3 Å². The Labute approximate surface area is 135 Å². The summed E-state index contributed by atoms with van der Waals surface area (Å²) in [6, 6.07) is 0. The highest BCUT2D eigenvalue weighted by Gasteiger charge is 2.22. The molecule has 10 heteroatoms. The van der Waals surface area contributed by atoms with Gasteiger partial charge in [-0.3, -0.25) is 14.9 Å². The summed E-state index contributed by atoms with van der Waals surface area (Å²) in [5.74, 6) is -1.86. The standard InChI is InChI=1S/C12H16ClN3O5S/c1-12(2,3)21-11(20)16-10-15-6(5-22-10)8(13)9(19)14-4-7(17)18/h5,8H,4H2,1-3H3,(H,14,19)(H,17,18)(H,15,16,20). The number of rotatable bonds is 5. The Bertz CT molecular complexity index is 569. The number of carboxylic acid groups (broad SMARTS) is 1. The average molecular weight is 350 g/mol. The number of aromatic nitrogens is 1. The normalized spacial score (nSPS) is 12.4. The molecule has 0 bridgehead atoms. The van der Waals surface area contributed by atoms with Crippen LogP contribution in [0.3, 0.4) is 0 Å². The summed E-state index contributed by atoms with van der Waals surface area (Å²) >= 11 is 6.96. The number of hydrogen-bond donors (Lipinski definition) is 3. The van der Waals surface area contributed by atoms with Crippen molar-refractivity contribution in [2.24, 2.45) is 0 Å². The van der Waals surface area contributed by atoms with Crippen molar-refractivity contribution in [2.45, 2.75) is 31.7 Å². The molecule has 0 fully saturated rings. The van der Waals surface area contributed by atoms with Gasteiger partial charge in [-0.2, -0.15) is 0 Å². The van der Waals surface area contributed by atoms with Crippen LogP contribution >= 0.6 is 22.9 Å². The fraction of sp³-hybridized carbons (Fsp3) is 0.500.